The lowest BCUT2D eigenvalue weighted by Gasteiger charge is -2.21. The molecular formula is C20H23NO4S. The van der Waals surface area contributed by atoms with Crippen LogP contribution in [-0.2, 0) is 22.9 Å². The van der Waals surface area contributed by atoms with Crippen LogP contribution in [0, 0.1) is 0 Å². The number of ether oxygens (including phenoxy) is 2. The van der Waals surface area contributed by atoms with Crippen molar-refractivity contribution in [3.05, 3.63) is 53.1 Å². The molecule has 1 N–H and O–H groups in total. The molecule has 5 nitrogen and oxygen atoms in total. The first-order chi connectivity index (χ1) is 12.5. The number of hydrogen-bond acceptors (Lipinski definition) is 4. The van der Waals surface area contributed by atoms with Gasteiger partial charge in [0.1, 0.15) is 13.2 Å². The average molecular weight is 373 g/mol. The maximum atomic E-state index is 12.8. The minimum Gasteiger partial charge on any atom is -0.486 e. The monoisotopic (exact) mass is 373 g/mol. The van der Waals surface area contributed by atoms with Gasteiger partial charge in [0, 0.05) is 12.1 Å². The zero-order valence-electron chi connectivity index (χ0n) is 14.8. The van der Waals surface area contributed by atoms with Crippen LogP contribution in [0.4, 0.5) is 0 Å². The van der Waals surface area contributed by atoms with E-state index in [0.29, 0.717) is 24.7 Å². The predicted octanol–water partition coefficient (Wildman–Crippen LogP) is 3.38. The van der Waals surface area contributed by atoms with E-state index in [1.165, 1.54) is 30.0 Å². The third-order valence-corrected chi connectivity index (χ3v) is 6.57. The second-order valence-electron chi connectivity index (χ2n) is 6.88. The predicted molar refractivity (Wildman–Crippen MR) is 99.3 cm³/mol. The molecule has 0 aromatic heterocycles. The van der Waals surface area contributed by atoms with Crippen molar-refractivity contribution >= 4 is 10.0 Å². The van der Waals surface area contributed by atoms with Gasteiger partial charge < -0.3 is 9.47 Å². The highest BCUT2D eigenvalue weighted by atomic mass is 32.2. The quantitative estimate of drug-likeness (QED) is 0.892. The van der Waals surface area contributed by atoms with Crippen LogP contribution in [0.2, 0.25) is 0 Å². The molecule has 0 radical (unpaired) electrons. The molecule has 2 aromatic carbocycles. The van der Waals surface area contributed by atoms with Crippen molar-refractivity contribution in [3.63, 3.8) is 0 Å². The van der Waals surface area contributed by atoms with Gasteiger partial charge in [-0.3, -0.25) is 0 Å². The zero-order valence-corrected chi connectivity index (χ0v) is 15.6. The molecule has 138 valence electrons. The molecule has 2 aliphatic rings. The molecule has 26 heavy (non-hydrogen) atoms. The summed E-state index contributed by atoms with van der Waals surface area (Å²) < 4.78 is 39.3. The standard InChI is InChI=1S/C20H23NO4S/c1-14(16-7-6-15-4-2-3-5-17(15)12-16)21-26(22,23)18-8-9-19-20(13-18)25-11-10-24-19/h6-9,12-14,21H,2-5,10-11H2,1H3/t14-/m1/s1. The summed E-state index contributed by atoms with van der Waals surface area (Å²) in [5.74, 6) is 1.05. The second kappa shape index (κ2) is 6.93. The van der Waals surface area contributed by atoms with Gasteiger partial charge in [0.25, 0.3) is 0 Å². The smallest absolute Gasteiger partial charge is 0.241 e. The Hall–Kier alpha value is -2.05. The fourth-order valence-corrected chi connectivity index (χ4v) is 4.83. The van der Waals surface area contributed by atoms with Crippen LogP contribution in [0.3, 0.4) is 0 Å². The van der Waals surface area contributed by atoms with E-state index in [4.69, 9.17) is 9.47 Å². The molecule has 1 atom stereocenters. The van der Waals surface area contributed by atoms with Gasteiger partial charge in [0.2, 0.25) is 10.0 Å². The van der Waals surface area contributed by atoms with Gasteiger partial charge in [0.15, 0.2) is 11.5 Å². The Bertz CT molecular complexity index is 923. The summed E-state index contributed by atoms with van der Waals surface area (Å²) in [7, 11) is -3.65. The normalized spacial score (nSPS) is 17.4. The van der Waals surface area contributed by atoms with Gasteiger partial charge in [0.05, 0.1) is 4.90 Å². The Morgan fingerprint density at radius 1 is 0.923 bits per heavy atom. The highest BCUT2D eigenvalue weighted by molar-refractivity contribution is 7.89. The van der Waals surface area contributed by atoms with E-state index in [1.54, 1.807) is 12.1 Å². The van der Waals surface area contributed by atoms with Gasteiger partial charge in [-0.15, -0.1) is 0 Å². The Kier molecular flexibility index (Phi) is 4.63. The maximum Gasteiger partial charge on any atom is 0.241 e. The van der Waals surface area contributed by atoms with E-state index in [1.807, 2.05) is 13.0 Å². The summed E-state index contributed by atoms with van der Waals surface area (Å²) in [5.41, 5.74) is 3.73. The lowest BCUT2D eigenvalue weighted by atomic mass is 9.89. The van der Waals surface area contributed by atoms with Crippen molar-refractivity contribution in [2.24, 2.45) is 0 Å². The fourth-order valence-electron chi connectivity index (χ4n) is 3.58. The molecule has 0 saturated heterocycles. The molecule has 0 spiro atoms. The van der Waals surface area contributed by atoms with E-state index in [0.717, 1.165) is 18.4 Å². The number of hydrogen-bond donors (Lipinski definition) is 1. The Morgan fingerprint density at radius 2 is 1.65 bits per heavy atom. The second-order valence-corrected chi connectivity index (χ2v) is 8.60. The summed E-state index contributed by atoms with van der Waals surface area (Å²) in [4.78, 5) is 0.187. The van der Waals surface area contributed by atoms with Crippen molar-refractivity contribution in [2.45, 2.75) is 43.5 Å². The van der Waals surface area contributed by atoms with Crippen molar-refractivity contribution in [3.8, 4) is 11.5 Å². The molecule has 6 heteroatoms. The topological polar surface area (TPSA) is 64.6 Å². The van der Waals surface area contributed by atoms with Crippen LogP contribution < -0.4 is 14.2 Å². The number of sulfonamides is 1. The fraction of sp³-hybridized carbons (Fsp3) is 0.400. The SMILES string of the molecule is C[C@@H](NS(=O)(=O)c1ccc2c(c1)OCCO2)c1ccc2c(c1)CCCC2. The molecule has 0 fully saturated rings. The third kappa shape index (κ3) is 3.44. The van der Waals surface area contributed by atoms with Gasteiger partial charge in [-0.1, -0.05) is 18.2 Å². The molecule has 0 saturated carbocycles. The molecule has 1 heterocycles. The first kappa shape index (κ1) is 17.4. The molecule has 0 amide bonds. The minimum atomic E-state index is -3.65. The summed E-state index contributed by atoms with van der Waals surface area (Å²) in [6.07, 6.45) is 4.63. The van der Waals surface area contributed by atoms with Crippen molar-refractivity contribution in [1.29, 1.82) is 0 Å². The Balaban J connectivity index is 1.55. The molecule has 1 aliphatic carbocycles. The number of benzene rings is 2. The zero-order chi connectivity index (χ0) is 18.1. The lowest BCUT2D eigenvalue weighted by Crippen LogP contribution is -2.27. The largest absolute Gasteiger partial charge is 0.486 e. The van der Waals surface area contributed by atoms with Crippen LogP contribution >= 0.6 is 0 Å². The van der Waals surface area contributed by atoms with Crippen LogP contribution in [-0.4, -0.2) is 21.6 Å². The van der Waals surface area contributed by atoms with E-state index < -0.39 is 10.0 Å². The number of fused-ring (bicyclic) bond motifs is 2. The summed E-state index contributed by atoms with van der Waals surface area (Å²) in [5, 5.41) is 0. The first-order valence-corrected chi connectivity index (χ1v) is 10.5. The molecule has 4 rings (SSSR count). The summed E-state index contributed by atoms with van der Waals surface area (Å²) >= 11 is 0. The number of aryl methyl sites for hydroxylation is 2. The maximum absolute atomic E-state index is 12.8. The van der Waals surface area contributed by atoms with Crippen molar-refractivity contribution in [2.75, 3.05) is 13.2 Å². The first-order valence-electron chi connectivity index (χ1n) is 9.07. The van der Waals surface area contributed by atoms with Crippen LogP contribution in [0.5, 0.6) is 11.5 Å². The van der Waals surface area contributed by atoms with E-state index in [2.05, 4.69) is 16.9 Å². The van der Waals surface area contributed by atoms with Crippen molar-refractivity contribution < 1.29 is 17.9 Å². The highest BCUT2D eigenvalue weighted by Crippen LogP contribution is 2.33. The number of nitrogens with one attached hydrogen (secondary N) is 1. The summed E-state index contributed by atoms with van der Waals surface area (Å²) in [6, 6.07) is 10.7. The Morgan fingerprint density at radius 3 is 2.46 bits per heavy atom. The Labute approximate surface area is 154 Å². The third-order valence-electron chi connectivity index (χ3n) is 5.03. The van der Waals surface area contributed by atoms with Crippen molar-refractivity contribution in [1.82, 2.24) is 4.72 Å². The molecular weight excluding hydrogens is 350 g/mol. The van der Waals surface area contributed by atoms with E-state index in [-0.39, 0.29) is 10.9 Å². The highest BCUT2D eigenvalue weighted by Gasteiger charge is 2.22. The van der Waals surface area contributed by atoms with Crippen LogP contribution in [0.15, 0.2) is 41.3 Å². The average Bonchev–Trinajstić information content (AvgIpc) is 2.67. The molecule has 1 aliphatic heterocycles. The van der Waals surface area contributed by atoms with Gasteiger partial charge >= 0.3 is 0 Å². The van der Waals surface area contributed by atoms with Gasteiger partial charge in [-0.05, 0) is 61.4 Å². The van der Waals surface area contributed by atoms with E-state index in [9.17, 15) is 8.42 Å². The molecule has 0 bridgehead atoms. The lowest BCUT2D eigenvalue weighted by molar-refractivity contribution is 0.171. The van der Waals surface area contributed by atoms with E-state index >= 15 is 0 Å². The van der Waals surface area contributed by atoms with Gasteiger partial charge in [-0.2, -0.15) is 0 Å². The molecule has 0 unspecified atom stereocenters. The van der Waals surface area contributed by atoms with Crippen LogP contribution in [0.1, 0.15) is 42.5 Å². The van der Waals surface area contributed by atoms with Gasteiger partial charge in [-0.25, -0.2) is 13.1 Å². The summed E-state index contributed by atoms with van der Waals surface area (Å²) in [6.45, 7) is 2.78. The van der Waals surface area contributed by atoms with Crippen LogP contribution in [0.25, 0.3) is 0 Å². The number of rotatable bonds is 4. The minimum absolute atomic E-state index is 0.187. The molecule has 2 aromatic rings.